The highest BCUT2D eigenvalue weighted by molar-refractivity contribution is 6.00. The van der Waals surface area contributed by atoms with E-state index in [1.807, 2.05) is 139 Å². The molecule has 0 saturated heterocycles. The summed E-state index contributed by atoms with van der Waals surface area (Å²) in [6, 6.07) is 32.8. The van der Waals surface area contributed by atoms with Gasteiger partial charge in [-0.15, -0.1) is 0 Å². The van der Waals surface area contributed by atoms with E-state index in [0.717, 1.165) is 11.1 Å². The van der Waals surface area contributed by atoms with Gasteiger partial charge in [-0.3, -0.25) is 19.2 Å². The van der Waals surface area contributed by atoms with Gasteiger partial charge < -0.3 is 29.9 Å². The molecule has 328 valence electrons. The molecule has 0 saturated carbocycles. The Labute approximate surface area is 368 Å². The number of nitrogens with zero attached hydrogens (tertiary/aromatic N) is 2. The number of hydrogen-bond acceptors (Lipinski definition) is 6. The van der Waals surface area contributed by atoms with Gasteiger partial charge in [-0.25, -0.2) is 0 Å². The number of ether oxygens (including phenoxy) is 2. The van der Waals surface area contributed by atoms with Crippen molar-refractivity contribution in [1.82, 2.24) is 20.4 Å². The minimum Gasteiger partial charge on any atom is -0.490 e. The van der Waals surface area contributed by atoms with Crippen LogP contribution in [0.2, 0.25) is 0 Å². The summed E-state index contributed by atoms with van der Waals surface area (Å²) in [4.78, 5) is 56.6. The van der Waals surface area contributed by atoms with Crippen molar-refractivity contribution in [2.75, 3.05) is 14.1 Å². The molecule has 6 atom stereocenters. The fourth-order valence-corrected chi connectivity index (χ4v) is 7.99. The molecule has 2 heterocycles. The molecule has 0 aromatic heterocycles. The normalized spacial score (nSPS) is 24.0. The van der Waals surface area contributed by atoms with Crippen molar-refractivity contribution in [3.63, 3.8) is 0 Å². The first-order valence-electron chi connectivity index (χ1n) is 21.8. The van der Waals surface area contributed by atoms with Crippen LogP contribution in [-0.2, 0) is 9.59 Å². The lowest BCUT2D eigenvalue weighted by Crippen LogP contribution is -2.51. The predicted octanol–water partition coefficient (Wildman–Crippen LogP) is 9.52. The van der Waals surface area contributed by atoms with Gasteiger partial charge >= 0.3 is 0 Å². The summed E-state index contributed by atoms with van der Waals surface area (Å²) in [7, 11) is 3.38. The molecular weight excluding hydrogens is 777 g/mol. The molecule has 0 fully saturated rings. The lowest BCUT2D eigenvalue weighted by atomic mass is 9.98. The number of carbonyl (C=O) groups is 4. The maximum Gasteiger partial charge on any atom is 0.258 e. The molecule has 2 aliphatic rings. The van der Waals surface area contributed by atoms with Crippen LogP contribution >= 0.6 is 0 Å². The van der Waals surface area contributed by atoms with E-state index in [2.05, 4.69) is 34.9 Å². The van der Waals surface area contributed by atoms with Crippen molar-refractivity contribution in [2.24, 2.45) is 11.8 Å². The van der Waals surface area contributed by atoms with Gasteiger partial charge in [-0.05, 0) is 73.9 Å². The average Bonchev–Trinajstić information content (AvgIpc) is 3.25. The highest BCUT2D eigenvalue weighted by Gasteiger charge is 2.34. The molecule has 0 unspecified atom stereocenters. The smallest absolute Gasteiger partial charge is 0.258 e. The maximum absolute atomic E-state index is 13.4. The number of likely N-dealkylation sites (N-methyl/N-ethyl adjacent to an activating group) is 2. The Morgan fingerprint density at radius 3 is 1.16 bits per heavy atom. The maximum atomic E-state index is 13.4. The van der Waals surface area contributed by atoms with Gasteiger partial charge in [0, 0.05) is 26.9 Å². The van der Waals surface area contributed by atoms with Crippen molar-refractivity contribution >= 4 is 23.6 Å². The first kappa shape index (κ1) is 46.9. The molecule has 0 bridgehead atoms. The fraction of sp³-hybridized carbons (Fsp3) is 0.385. The van der Waals surface area contributed by atoms with Crippen LogP contribution in [0.5, 0.6) is 11.5 Å². The Kier molecular flexibility index (Phi) is 17.1. The Morgan fingerprint density at radius 1 is 0.484 bits per heavy atom. The first-order valence-corrected chi connectivity index (χ1v) is 21.8. The predicted molar refractivity (Wildman–Crippen MR) is 246 cm³/mol. The second kappa shape index (κ2) is 22.6. The van der Waals surface area contributed by atoms with Crippen molar-refractivity contribution in [3.05, 3.63) is 156 Å². The number of benzene rings is 4. The van der Waals surface area contributed by atoms with E-state index in [1.165, 1.54) is 9.80 Å². The van der Waals surface area contributed by atoms with E-state index in [0.29, 0.717) is 48.3 Å². The molecule has 0 aliphatic carbocycles. The van der Waals surface area contributed by atoms with Crippen molar-refractivity contribution in [3.8, 4) is 11.5 Å². The van der Waals surface area contributed by atoms with Crippen LogP contribution in [0.4, 0.5) is 0 Å². The van der Waals surface area contributed by atoms with Gasteiger partial charge in [0.15, 0.2) is 0 Å². The Balaban J connectivity index is 0.000000234. The number of amides is 4. The van der Waals surface area contributed by atoms with E-state index in [1.54, 1.807) is 26.2 Å². The van der Waals surface area contributed by atoms with E-state index in [-0.39, 0.29) is 59.8 Å². The molecule has 62 heavy (non-hydrogen) atoms. The summed E-state index contributed by atoms with van der Waals surface area (Å²) in [6.45, 7) is 11.8. The second-order valence-corrected chi connectivity index (χ2v) is 16.9. The van der Waals surface area contributed by atoms with Gasteiger partial charge in [0.2, 0.25) is 11.8 Å². The monoisotopic (exact) mass is 840 g/mol. The van der Waals surface area contributed by atoms with Crippen LogP contribution in [0.3, 0.4) is 0 Å². The SMILES string of the molecule is CC(C)[C@@H]1C(=O)N[C@@H](c2ccccc2)C/C=C/C[C@@H](C)Oc2ccccc2C(=O)N1C.CC(C)[C@@H]1C(=O)N[C@@H](c2ccccc2)C/C=C\C[C@@H](C)Oc2ccccc2C(=O)N1C. The number of fused-ring (bicyclic) bond motifs is 2. The number of hydrogen-bond donors (Lipinski definition) is 2. The van der Waals surface area contributed by atoms with Gasteiger partial charge in [0.1, 0.15) is 23.6 Å². The third-order valence-corrected chi connectivity index (χ3v) is 11.2. The van der Waals surface area contributed by atoms with Gasteiger partial charge in [0.25, 0.3) is 11.8 Å². The number of nitrogens with one attached hydrogen (secondary N) is 2. The summed E-state index contributed by atoms with van der Waals surface area (Å²) in [5.41, 5.74) is 3.02. The highest BCUT2D eigenvalue weighted by atomic mass is 16.5. The molecule has 6 rings (SSSR count). The minimum atomic E-state index is -0.601. The Hall–Kier alpha value is -6.16. The van der Waals surface area contributed by atoms with E-state index in [4.69, 9.17) is 9.47 Å². The zero-order valence-corrected chi connectivity index (χ0v) is 37.5. The van der Waals surface area contributed by atoms with Gasteiger partial charge in [-0.2, -0.15) is 0 Å². The summed E-state index contributed by atoms with van der Waals surface area (Å²) < 4.78 is 12.2. The molecule has 4 amide bonds. The lowest BCUT2D eigenvalue weighted by molar-refractivity contribution is -0.128. The summed E-state index contributed by atoms with van der Waals surface area (Å²) in [5.74, 6) is 0.223. The summed E-state index contributed by atoms with van der Waals surface area (Å²) in [5, 5.41) is 6.38. The fourth-order valence-electron chi connectivity index (χ4n) is 7.99. The van der Waals surface area contributed by atoms with Crippen LogP contribution in [0.25, 0.3) is 0 Å². The number of rotatable bonds is 4. The van der Waals surface area contributed by atoms with Gasteiger partial charge in [0.05, 0.1) is 35.4 Å². The van der Waals surface area contributed by atoms with E-state index >= 15 is 0 Å². The van der Waals surface area contributed by atoms with Crippen LogP contribution in [-0.4, -0.2) is 71.8 Å². The van der Waals surface area contributed by atoms with Crippen LogP contribution < -0.4 is 20.1 Å². The largest absolute Gasteiger partial charge is 0.490 e. The molecule has 2 aliphatic heterocycles. The van der Waals surface area contributed by atoms with Gasteiger partial charge in [-0.1, -0.05) is 137 Å². The minimum absolute atomic E-state index is 0.0548. The first-order chi connectivity index (χ1) is 29.8. The second-order valence-electron chi connectivity index (χ2n) is 16.9. The van der Waals surface area contributed by atoms with Crippen LogP contribution in [0.1, 0.15) is 111 Å². The molecule has 10 heteroatoms. The number of para-hydroxylation sites is 2. The Bertz CT molecular complexity index is 2000. The molecular formula is C52H64N4O6. The molecule has 0 radical (unpaired) electrons. The third-order valence-electron chi connectivity index (χ3n) is 11.2. The number of carbonyl (C=O) groups excluding carboxylic acids is 4. The Morgan fingerprint density at radius 2 is 0.806 bits per heavy atom. The molecule has 4 aromatic rings. The van der Waals surface area contributed by atoms with Crippen molar-refractivity contribution < 1.29 is 28.7 Å². The van der Waals surface area contributed by atoms with E-state index < -0.39 is 12.1 Å². The summed E-state index contributed by atoms with van der Waals surface area (Å²) >= 11 is 0. The van der Waals surface area contributed by atoms with Crippen molar-refractivity contribution in [2.45, 2.75) is 104 Å². The van der Waals surface area contributed by atoms with Crippen molar-refractivity contribution in [1.29, 1.82) is 0 Å². The molecule has 0 spiro atoms. The van der Waals surface area contributed by atoms with E-state index in [9.17, 15) is 19.2 Å². The molecule has 2 N–H and O–H groups in total. The zero-order chi connectivity index (χ0) is 44.8. The summed E-state index contributed by atoms with van der Waals surface area (Å²) in [6.07, 6.45) is 10.9. The lowest BCUT2D eigenvalue weighted by Gasteiger charge is -2.32. The standard InChI is InChI=1S/2C26H32N2O3/c2*1-18(2)24-25(29)27-22(20-13-6-5-7-14-20)16-10-8-12-19(3)31-23-17-11-9-15-21(23)26(30)28(24)4/h2*5-11,13-15,17-19,22,24H,12,16H2,1-4H3,(H,27,29)/b10-8+;10-8-/t2*19-,22-,24-/m11/s1. The topological polar surface area (TPSA) is 117 Å². The third kappa shape index (κ3) is 12.5. The quantitative estimate of drug-likeness (QED) is 0.198. The molecule has 4 aromatic carbocycles. The highest BCUT2D eigenvalue weighted by Crippen LogP contribution is 2.28. The van der Waals surface area contributed by atoms with Crippen LogP contribution in [0.15, 0.2) is 133 Å². The zero-order valence-electron chi connectivity index (χ0n) is 37.5. The average molecular weight is 841 g/mol. The molecule has 10 nitrogen and oxygen atoms in total. The van der Waals surface area contributed by atoms with Crippen LogP contribution in [0, 0.1) is 11.8 Å².